The van der Waals surface area contributed by atoms with Crippen molar-refractivity contribution in [2.45, 2.75) is 32.2 Å². The number of methoxy groups -OCH3 is 1. The Labute approximate surface area is 72.1 Å². The molecule has 0 radical (unpaired) electrons. The summed E-state index contributed by atoms with van der Waals surface area (Å²) in [6, 6.07) is -0.589. The van der Waals surface area contributed by atoms with Crippen LogP contribution in [0.1, 0.15) is 26.2 Å². The highest BCUT2D eigenvalue weighted by Crippen LogP contribution is 2.00. The van der Waals surface area contributed by atoms with E-state index in [1.165, 1.54) is 14.0 Å². The molecule has 0 aliphatic carbocycles. The van der Waals surface area contributed by atoms with Crippen LogP contribution in [0.5, 0.6) is 0 Å². The van der Waals surface area contributed by atoms with Crippen molar-refractivity contribution in [3.05, 3.63) is 0 Å². The fraction of sp³-hybridized carbons (Fsp3) is 0.750. The molecule has 0 spiro atoms. The molecule has 0 aliphatic rings. The summed E-state index contributed by atoms with van der Waals surface area (Å²) in [6.45, 7) is 1.52. The fourth-order valence-corrected chi connectivity index (χ4v) is 0.840. The van der Waals surface area contributed by atoms with Crippen LogP contribution in [0.3, 0.4) is 0 Å². The summed E-state index contributed by atoms with van der Waals surface area (Å²) in [6.07, 6.45) is 1.63. The molecule has 0 amide bonds. The molecule has 0 saturated heterocycles. The Morgan fingerprint density at radius 1 is 1.50 bits per heavy atom. The summed E-state index contributed by atoms with van der Waals surface area (Å²) in [5.41, 5.74) is 5.43. The molecule has 2 N–H and O–H groups in total. The molecule has 0 aromatic carbocycles. The molecule has 0 bridgehead atoms. The monoisotopic (exact) mass is 173 g/mol. The number of ether oxygens (including phenoxy) is 1. The van der Waals surface area contributed by atoms with E-state index in [9.17, 15) is 9.59 Å². The van der Waals surface area contributed by atoms with Crippen LogP contribution in [-0.4, -0.2) is 24.9 Å². The Balaban J connectivity index is 3.50. The number of nitrogens with two attached hydrogens (primary N) is 1. The molecule has 0 aliphatic heterocycles. The van der Waals surface area contributed by atoms with Gasteiger partial charge < -0.3 is 15.3 Å². The van der Waals surface area contributed by atoms with Gasteiger partial charge in [-0.25, -0.2) is 0 Å². The number of rotatable bonds is 5. The fourth-order valence-electron chi connectivity index (χ4n) is 0.840. The Kier molecular flexibility index (Phi) is 5.28. The first-order chi connectivity index (χ1) is 5.57. The summed E-state index contributed by atoms with van der Waals surface area (Å²) in [4.78, 5) is 21.3. The Hall–Kier alpha value is -0.900. The minimum atomic E-state index is -0.589. The molecule has 0 saturated carbocycles. The van der Waals surface area contributed by atoms with Crippen molar-refractivity contribution in [3.8, 4) is 0 Å². The van der Waals surface area contributed by atoms with Gasteiger partial charge in [-0.15, -0.1) is 0 Å². The second kappa shape index (κ2) is 5.71. The number of Topliss-reactive ketones (excluding diaryl/α,β-unsaturated/α-hetero) is 1. The number of esters is 1. The van der Waals surface area contributed by atoms with Crippen molar-refractivity contribution in [1.29, 1.82) is 0 Å². The normalized spacial score (nSPS) is 12.2. The molecule has 70 valence electrons. The van der Waals surface area contributed by atoms with Gasteiger partial charge in [0, 0.05) is 6.42 Å². The third-order valence-electron chi connectivity index (χ3n) is 1.55. The van der Waals surface area contributed by atoms with Gasteiger partial charge in [0.1, 0.15) is 11.8 Å². The zero-order valence-electron chi connectivity index (χ0n) is 7.50. The molecule has 0 aromatic heterocycles. The number of carbonyl (C=O) groups is 2. The largest absolute Gasteiger partial charge is 0.468 e. The van der Waals surface area contributed by atoms with Gasteiger partial charge in [0.25, 0.3) is 0 Å². The Morgan fingerprint density at radius 2 is 2.08 bits per heavy atom. The first kappa shape index (κ1) is 11.1. The van der Waals surface area contributed by atoms with E-state index < -0.39 is 12.0 Å². The van der Waals surface area contributed by atoms with Crippen LogP contribution in [0.2, 0.25) is 0 Å². The number of hydrogen-bond donors (Lipinski definition) is 1. The Morgan fingerprint density at radius 3 is 2.50 bits per heavy atom. The van der Waals surface area contributed by atoms with E-state index in [2.05, 4.69) is 4.74 Å². The van der Waals surface area contributed by atoms with E-state index in [-0.39, 0.29) is 5.78 Å². The third kappa shape index (κ3) is 4.85. The van der Waals surface area contributed by atoms with Gasteiger partial charge in [-0.2, -0.15) is 0 Å². The first-order valence-electron chi connectivity index (χ1n) is 3.90. The molecular weight excluding hydrogens is 158 g/mol. The van der Waals surface area contributed by atoms with Gasteiger partial charge in [0.05, 0.1) is 7.11 Å². The maximum absolute atomic E-state index is 10.8. The SMILES string of the molecule is COC(=O)[C@@H](N)CCCC(C)=O. The minimum Gasteiger partial charge on any atom is -0.468 e. The minimum absolute atomic E-state index is 0.118. The van der Waals surface area contributed by atoms with E-state index in [0.29, 0.717) is 19.3 Å². The highest BCUT2D eigenvalue weighted by Gasteiger charge is 2.12. The predicted octanol–water partition coefficient (Wildman–Crippen LogP) is 0.246. The van der Waals surface area contributed by atoms with Crippen molar-refractivity contribution < 1.29 is 14.3 Å². The summed E-state index contributed by atoms with van der Waals surface area (Å²) < 4.78 is 4.42. The van der Waals surface area contributed by atoms with E-state index in [4.69, 9.17) is 5.73 Å². The van der Waals surface area contributed by atoms with Crippen molar-refractivity contribution in [1.82, 2.24) is 0 Å². The summed E-state index contributed by atoms with van der Waals surface area (Å²) >= 11 is 0. The zero-order valence-corrected chi connectivity index (χ0v) is 7.50. The molecule has 0 unspecified atom stereocenters. The topological polar surface area (TPSA) is 69.4 Å². The van der Waals surface area contributed by atoms with E-state index in [1.54, 1.807) is 0 Å². The van der Waals surface area contributed by atoms with Crippen molar-refractivity contribution in [2.24, 2.45) is 5.73 Å². The van der Waals surface area contributed by atoms with Crippen molar-refractivity contribution >= 4 is 11.8 Å². The second-order valence-corrected chi connectivity index (χ2v) is 2.72. The van der Waals surface area contributed by atoms with Crippen molar-refractivity contribution in [3.63, 3.8) is 0 Å². The zero-order chi connectivity index (χ0) is 9.56. The second-order valence-electron chi connectivity index (χ2n) is 2.72. The lowest BCUT2D eigenvalue weighted by Crippen LogP contribution is -2.31. The van der Waals surface area contributed by atoms with Gasteiger partial charge >= 0.3 is 5.97 Å². The van der Waals surface area contributed by atoms with Crippen LogP contribution in [-0.2, 0) is 14.3 Å². The lowest BCUT2D eigenvalue weighted by molar-refractivity contribution is -0.142. The number of ketones is 1. The van der Waals surface area contributed by atoms with E-state index in [0.717, 1.165) is 0 Å². The first-order valence-corrected chi connectivity index (χ1v) is 3.90. The molecule has 12 heavy (non-hydrogen) atoms. The van der Waals surface area contributed by atoms with Crippen LogP contribution in [0.4, 0.5) is 0 Å². The van der Waals surface area contributed by atoms with Gasteiger partial charge in [-0.05, 0) is 19.8 Å². The maximum atomic E-state index is 10.8. The highest BCUT2D eigenvalue weighted by atomic mass is 16.5. The summed E-state index contributed by atoms with van der Waals surface area (Å²) in [7, 11) is 1.30. The molecule has 4 nitrogen and oxygen atoms in total. The smallest absolute Gasteiger partial charge is 0.322 e. The van der Waals surface area contributed by atoms with Crippen LogP contribution < -0.4 is 5.73 Å². The van der Waals surface area contributed by atoms with Crippen LogP contribution in [0.25, 0.3) is 0 Å². The van der Waals surface area contributed by atoms with Crippen LogP contribution in [0.15, 0.2) is 0 Å². The average molecular weight is 173 g/mol. The van der Waals surface area contributed by atoms with Gasteiger partial charge in [0.15, 0.2) is 0 Å². The lowest BCUT2D eigenvalue weighted by Gasteiger charge is -2.07. The number of carbonyl (C=O) groups excluding carboxylic acids is 2. The van der Waals surface area contributed by atoms with Crippen LogP contribution >= 0.6 is 0 Å². The van der Waals surface area contributed by atoms with Gasteiger partial charge in [-0.1, -0.05) is 0 Å². The molecule has 0 heterocycles. The highest BCUT2D eigenvalue weighted by molar-refractivity contribution is 5.76. The summed E-state index contributed by atoms with van der Waals surface area (Å²) in [5.74, 6) is -0.300. The predicted molar refractivity (Wildman–Crippen MR) is 44.5 cm³/mol. The van der Waals surface area contributed by atoms with Crippen LogP contribution in [0, 0.1) is 0 Å². The van der Waals surface area contributed by atoms with E-state index >= 15 is 0 Å². The number of hydrogen-bond acceptors (Lipinski definition) is 4. The summed E-state index contributed by atoms with van der Waals surface area (Å²) in [5, 5.41) is 0. The van der Waals surface area contributed by atoms with Crippen molar-refractivity contribution in [2.75, 3.05) is 7.11 Å². The quantitative estimate of drug-likeness (QED) is 0.605. The molecule has 0 aromatic rings. The average Bonchev–Trinajstić information content (AvgIpc) is 2.02. The molecule has 4 heteroatoms. The van der Waals surface area contributed by atoms with E-state index in [1.807, 2.05) is 0 Å². The molecule has 1 atom stereocenters. The third-order valence-corrected chi connectivity index (χ3v) is 1.55. The Bertz CT molecular complexity index is 168. The van der Waals surface area contributed by atoms with Gasteiger partial charge in [-0.3, -0.25) is 4.79 Å². The lowest BCUT2D eigenvalue weighted by atomic mass is 10.1. The standard InChI is InChI=1S/C8H15NO3/c1-6(10)4-3-5-7(9)8(11)12-2/h7H,3-5,9H2,1-2H3/t7-/m0/s1. The maximum Gasteiger partial charge on any atom is 0.322 e. The molecule has 0 fully saturated rings. The van der Waals surface area contributed by atoms with Gasteiger partial charge in [0.2, 0.25) is 0 Å². The molecular formula is C8H15NO3. The molecule has 0 rings (SSSR count).